The summed E-state index contributed by atoms with van der Waals surface area (Å²) in [5.41, 5.74) is 1.81. The zero-order valence-corrected chi connectivity index (χ0v) is 13.3. The Kier molecular flexibility index (Phi) is 4.23. The number of aromatic hydroxyl groups is 1. The van der Waals surface area contributed by atoms with Gasteiger partial charge in [-0.1, -0.05) is 26.8 Å². The molecule has 0 amide bonds. The predicted octanol–water partition coefficient (Wildman–Crippen LogP) is 4.60. The molecule has 2 aromatic rings. The van der Waals surface area contributed by atoms with Crippen LogP contribution in [0.3, 0.4) is 0 Å². The minimum atomic E-state index is 0.00378. The predicted molar refractivity (Wildman–Crippen MR) is 86.0 cm³/mol. The highest BCUT2D eigenvalue weighted by Crippen LogP contribution is 2.33. The third-order valence-electron chi connectivity index (χ3n) is 2.94. The quantitative estimate of drug-likeness (QED) is 0.817. The molecule has 1 aromatic heterocycles. The summed E-state index contributed by atoms with van der Waals surface area (Å²) < 4.78 is 0.674. The smallest absolute Gasteiger partial charge is 0.151 e. The van der Waals surface area contributed by atoms with E-state index in [1.54, 1.807) is 12.4 Å². The molecule has 1 N–H and O–H groups in total. The van der Waals surface area contributed by atoms with Crippen LogP contribution in [0.1, 0.15) is 31.9 Å². The molecule has 0 fully saturated rings. The van der Waals surface area contributed by atoms with Crippen LogP contribution in [0.25, 0.3) is 0 Å². The number of halogens is 1. The van der Waals surface area contributed by atoms with Gasteiger partial charge in [-0.2, -0.15) is 0 Å². The lowest BCUT2D eigenvalue weighted by Gasteiger charge is -2.20. The number of pyridine rings is 1. The van der Waals surface area contributed by atoms with E-state index in [-0.39, 0.29) is 11.2 Å². The summed E-state index contributed by atoms with van der Waals surface area (Å²) in [5.74, 6) is 0.807. The summed E-state index contributed by atoms with van der Waals surface area (Å²) >= 11 is 3.39. The first-order valence-corrected chi connectivity index (χ1v) is 7.15. The van der Waals surface area contributed by atoms with Crippen LogP contribution in [0.4, 0.5) is 5.82 Å². The molecule has 0 aliphatic heterocycles. The molecule has 0 saturated heterocycles. The van der Waals surface area contributed by atoms with E-state index < -0.39 is 0 Å². The maximum Gasteiger partial charge on any atom is 0.151 e. The standard InChI is InChI=1S/C16H17BrN2O/c1-16(2,3)12-8-11(15(20)13(17)9-12)10-19-14-6-4-5-7-18-14/h4-10,20H,1-3H3. The van der Waals surface area contributed by atoms with Crippen molar-refractivity contribution >= 4 is 28.0 Å². The minimum absolute atomic E-state index is 0.00378. The molecule has 1 heterocycles. The fraction of sp³-hybridized carbons (Fsp3) is 0.250. The van der Waals surface area contributed by atoms with Gasteiger partial charge < -0.3 is 5.11 Å². The number of benzene rings is 1. The Labute approximate surface area is 127 Å². The average Bonchev–Trinajstić information content (AvgIpc) is 2.40. The third kappa shape index (κ3) is 3.45. The number of aliphatic imine (C=N–C) groups is 1. The van der Waals surface area contributed by atoms with Crippen LogP contribution >= 0.6 is 15.9 Å². The first-order chi connectivity index (χ1) is 9.38. The summed E-state index contributed by atoms with van der Waals surface area (Å²) in [7, 11) is 0. The summed E-state index contributed by atoms with van der Waals surface area (Å²) in [6.07, 6.45) is 3.33. The van der Waals surface area contributed by atoms with E-state index in [1.165, 1.54) is 0 Å². The fourth-order valence-electron chi connectivity index (χ4n) is 1.72. The van der Waals surface area contributed by atoms with E-state index in [0.717, 1.165) is 5.56 Å². The normalized spacial score (nSPS) is 12.0. The van der Waals surface area contributed by atoms with E-state index in [2.05, 4.69) is 46.7 Å². The van der Waals surface area contributed by atoms with Crippen molar-refractivity contribution in [1.82, 2.24) is 4.98 Å². The number of rotatable bonds is 2. The van der Waals surface area contributed by atoms with Crippen molar-refractivity contribution in [2.45, 2.75) is 26.2 Å². The molecule has 3 nitrogen and oxygen atoms in total. The van der Waals surface area contributed by atoms with Crippen molar-refractivity contribution in [2.24, 2.45) is 4.99 Å². The second-order valence-electron chi connectivity index (χ2n) is 5.59. The van der Waals surface area contributed by atoms with Crippen LogP contribution < -0.4 is 0 Å². The SMILES string of the molecule is CC(C)(C)c1cc(Br)c(O)c(C=Nc2ccccn2)c1. The topological polar surface area (TPSA) is 45.5 Å². The van der Waals surface area contributed by atoms with Crippen molar-refractivity contribution in [3.8, 4) is 5.75 Å². The Morgan fingerprint density at radius 2 is 2.00 bits per heavy atom. The zero-order valence-electron chi connectivity index (χ0n) is 11.8. The highest BCUT2D eigenvalue weighted by atomic mass is 79.9. The summed E-state index contributed by atoms with van der Waals surface area (Å²) in [4.78, 5) is 8.41. The Morgan fingerprint density at radius 1 is 1.25 bits per heavy atom. The molecule has 104 valence electrons. The van der Waals surface area contributed by atoms with Gasteiger partial charge in [-0.15, -0.1) is 0 Å². The number of phenols is 1. The second-order valence-corrected chi connectivity index (χ2v) is 6.45. The minimum Gasteiger partial charge on any atom is -0.506 e. The van der Waals surface area contributed by atoms with Crippen LogP contribution in [0, 0.1) is 0 Å². The van der Waals surface area contributed by atoms with Crippen LogP contribution in [0.2, 0.25) is 0 Å². The lowest BCUT2D eigenvalue weighted by atomic mass is 9.86. The van der Waals surface area contributed by atoms with Gasteiger partial charge >= 0.3 is 0 Å². The van der Waals surface area contributed by atoms with Gasteiger partial charge in [0.15, 0.2) is 5.82 Å². The second kappa shape index (κ2) is 5.75. The first-order valence-electron chi connectivity index (χ1n) is 6.36. The van der Waals surface area contributed by atoms with Gasteiger partial charge in [0.05, 0.1) is 4.47 Å². The molecule has 0 aliphatic carbocycles. The summed E-state index contributed by atoms with van der Waals surface area (Å²) in [5, 5.41) is 10.1. The van der Waals surface area contributed by atoms with Crippen molar-refractivity contribution in [3.05, 3.63) is 52.1 Å². The lowest BCUT2D eigenvalue weighted by molar-refractivity contribution is 0.469. The number of hydrogen-bond donors (Lipinski definition) is 1. The molecular weight excluding hydrogens is 316 g/mol. The highest BCUT2D eigenvalue weighted by Gasteiger charge is 2.17. The van der Waals surface area contributed by atoms with Crippen LogP contribution in [-0.2, 0) is 5.41 Å². The van der Waals surface area contributed by atoms with Gasteiger partial charge in [0, 0.05) is 18.0 Å². The number of nitrogens with zero attached hydrogens (tertiary/aromatic N) is 2. The van der Waals surface area contributed by atoms with Crippen molar-refractivity contribution in [1.29, 1.82) is 0 Å². The molecule has 20 heavy (non-hydrogen) atoms. The van der Waals surface area contributed by atoms with Gasteiger partial charge in [0.1, 0.15) is 5.75 Å². The van der Waals surface area contributed by atoms with Crippen molar-refractivity contribution in [2.75, 3.05) is 0 Å². The van der Waals surface area contributed by atoms with E-state index >= 15 is 0 Å². The monoisotopic (exact) mass is 332 g/mol. The highest BCUT2D eigenvalue weighted by molar-refractivity contribution is 9.10. The Bertz CT molecular complexity index is 631. The van der Waals surface area contributed by atoms with Gasteiger partial charge in [-0.25, -0.2) is 9.98 Å². The number of aromatic nitrogens is 1. The van der Waals surface area contributed by atoms with E-state index in [9.17, 15) is 5.11 Å². The number of hydrogen-bond acceptors (Lipinski definition) is 3. The Hall–Kier alpha value is -1.68. The molecule has 0 spiro atoms. The molecule has 0 bridgehead atoms. The number of phenolic OH excluding ortho intramolecular Hbond substituents is 1. The first kappa shape index (κ1) is 14.7. The average molecular weight is 333 g/mol. The zero-order chi connectivity index (χ0) is 14.8. The van der Waals surface area contributed by atoms with E-state index in [1.807, 2.05) is 30.3 Å². The van der Waals surface area contributed by atoms with Gasteiger partial charge in [-0.3, -0.25) is 0 Å². The molecule has 0 radical (unpaired) electrons. The largest absolute Gasteiger partial charge is 0.506 e. The van der Waals surface area contributed by atoms with Crippen molar-refractivity contribution < 1.29 is 5.11 Å². The van der Waals surface area contributed by atoms with Gasteiger partial charge in [0.2, 0.25) is 0 Å². The Balaban J connectivity index is 2.41. The maximum atomic E-state index is 10.1. The van der Waals surface area contributed by atoms with Crippen LogP contribution in [0.5, 0.6) is 5.75 Å². The molecule has 0 unspecified atom stereocenters. The van der Waals surface area contributed by atoms with Crippen LogP contribution in [0.15, 0.2) is 46.0 Å². The fourth-order valence-corrected chi connectivity index (χ4v) is 2.19. The molecule has 0 saturated carbocycles. The van der Waals surface area contributed by atoms with Gasteiger partial charge in [-0.05, 0) is 51.2 Å². The molecule has 2 rings (SSSR count). The van der Waals surface area contributed by atoms with Crippen molar-refractivity contribution in [3.63, 3.8) is 0 Å². The van der Waals surface area contributed by atoms with Crippen LogP contribution in [-0.4, -0.2) is 16.3 Å². The molecular formula is C16H17BrN2O. The molecule has 0 atom stereocenters. The molecule has 4 heteroatoms. The van der Waals surface area contributed by atoms with Gasteiger partial charge in [0.25, 0.3) is 0 Å². The maximum absolute atomic E-state index is 10.1. The summed E-state index contributed by atoms with van der Waals surface area (Å²) in [6.45, 7) is 6.39. The Morgan fingerprint density at radius 3 is 2.60 bits per heavy atom. The molecule has 1 aromatic carbocycles. The van der Waals surface area contributed by atoms with E-state index in [0.29, 0.717) is 15.9 Å². The van der Waals surface area contributed by atoms with E-state index in [4.69, 9.17) is 0 Å². The third-order valence-corrected chi connectivity index (χ3v) is 3.55. The summed E-state index contributed by atoms with van der Waals surface area (Å²) in [6, 6.07) is 9.42. The lowest BCUT2D eigenvalue weighted by Crippen LogP contribution is -2.11. The molecule has 0 aliphatic rings.